The van der Waals surface area contributed by atoms with Gasteiger partial charge in [0.2, 0.25) is 0 Å². The third-order valence-corrected chi connectivity index (χ3v) is 4.67. The lowest BCUT2D eigenvalue weighted by Gasteiger charge is -2.21. The maximum atomic E-state index is 11.8. The van der Waals surface area contributed by atoms with Gasteiger partial charge >= 0.3 is 11.9 Å². The van der Waals surface area contributed by atoms with Gasteiger partial charge in [-0.1, -0.05) is 12.8 Å². The summed E-state index contributed by atoms with van der Waals surface area (Å²) in [4.78, 5) is 23.5. The van der Waals surface area contributed by atoms with E-state index in [4.69, 9.17) is 9.47 Å². The van der Waals surface area contributed by atoms with E-state index in [2.05, 4.69) is 11.8 Å². The highest BCUT2D eigenvalue weighted by Gasteiger charge is 2.41. The van der Waals surface area contributed by atoms with Crippen molar-refractivity contribution in [1.29, 1.82) is 0 Å². The SMILES string of the molecule is CC#CC(CC)OC(=O)CCCC(=O)OC1CC2CCC1C2. The molecular weight excluding hydrogens is 280 g/mol. The van der Waals surface area contributed by atoms with Crippen LogP contribution >= 0.6 is 0 Å². The summed E-state index contributed by atoms with van der Waals surface area (Å²) in [5.41, 5.74) is 0. The maximum Gasteiger partial charge on any atom is 0.307 e. The van der Waals surface area contributed by atoms with Gasteiger partial charge in [-0.2, -0.15) is 0 Å². The van der Waals surface area contributed by atoms with Crippen molar-refractivity contribution in [2.24, 2.45) is 11.8 Å². The molecule has 4 atom stereocenters. The molecule has 2 aliphatic carbocycles. The minimum atomic E-state index is -0.335. The van der Waals surface area contributed by atoms with Gasteiger partial charge in [-0.15, -0.1) is 5.92 Å². The van der Waals surface area contributed by atoms with E-state index < -0.39 is 0 Å². The number of esters is 2. The van der Waals surface area contributed by atoms with Crippen LogP contribution in [0.1, 0.15) is 65.2 Å². The quantitative estimate of drug-likeness (QED) is 0.535. The van der Waals surface area contributed by atoms with Crippen LogP contribution in [0.25, 0.3) is 0 Å². The fourth-order valence-electron chi connectivity index (χ4n) is 3.53. The minimum Gasteiger partial charge on any atom is -0.462 e. The minimum absolute atomic E-state index is 0.127. The molecular formula is C18H26O4. The van der Waals surface area contributed by atoms with E-state index in [1.807, 2.05) is 6.92 Å². The second kappa shape index (κ2) is 8.22. The Bertz CT molecular complexity index is 459. The first-order chi connectivity index (χ1) is 10.6. The summed E-state index contributed by atoms with van der Waals surface area (Å²) in [5.74, 6) is 6.47. The molecule has 0 spiro atoms. The Morgan fingerprint density at radius 3 is 2.55 bits per heavy atom. The number of hydrogen-bond donors (Lipinski definition) is 0. The van der Waals surface area contributed by atoms with Gasteiger partial charge in [0.15, 0.2) is 6.10 Å². The van der Waals surface area contributed by atoms with Crippen molar-refractivity contribution in [3.8, 4) is 11.8 Å². The van der Waals surface area contributed by atoms with Gasteiger partial charge < -0.3 is 9.47 Å². The molecule has 0 aromatic heterocycles. The van der Waals surface area contributed by atoms with Crippen LogP contribution in [-0.4, -0.2) is 24.1 Å². The molecule has 122 valence electrons. The van der Waals surface area contributed by atoms with Gasteiger partial charge in [-0.3, -0.25) is 9.59 Å². The zero-order valence-electron chi connectivity index (χ0n) is 13.6. The average Bonchev–Trinajstić information content (AvgIpc) is 3.09. The molecule has 0 aliphatic heterocycles. The Morgan fingerprint density at radius 1 is 1.18 bits per heavy atom. The molecule has 2 fully saturated rings. The topological polar surface area (TPSA) is 52.6 Å². The van der Waals surface area contributed by atoms with E-state index in [1.54, 1.807) is 6.92 Å². The molecule has 0 radical (unpaired) electrons. The molecule has 4 nitrogen and oxygen atoms in total. The molecule has 4 unspecified atom stereocenters. The highest BCUT2D eigenvalue weighted by Crippen LogP contribution is 2.45. The lowest BCUT2D eigenvalue weighted by atomic mass is 9.98. The standard InChI is InChI=1S/C18H26O4/c1-3-6-15(4-2)21-17(19)7-5-8-18(20)22-16-12-13-9-10-14(16)11-13/h13-16H,4-5,7-12H2,1-2H3. The molecule has 2 aliphatic rings. The predicted molar refractivity (Wildman–Crippen MR) is 82.8 cm³/mol. The molecule has 0 aromatic carbocycles. The average molecular weight is 306 g/mol. The summed E-state index contributed by atoms with van der Waals surface area (Å²) in [6.07, 6.45) is 6.24. The van der Waals surface area contributed by atoms with Crippen molar-refractivity contribution < 1.29 is 19.1 Å². The lowest BCUT2D eigenvalue weighted by Crippen LogP contribution is -2.24. The van der Waals surface area contributed by atoms with Crippen LogP contribution in [0.2, 0.25) is 0 Å². The van der Waals surface area contributed by atoms with Crippen molar-refractivity contribution in [1.82, 2.24) is 0 Å². The van der Waals surface area contributed by atoms with E-state index in [0.29, 0.717) is 25.2 Å². The Hall–Kier alpha value is -1.50. The second-order valence-corrected chi connectivity index (χ2v) is 6.34. The van der Waals surface area contributed by atoms with Crippen LogP contribution in [0.4, 0.5) is 0 Å². The number of hydrogen-bond acceptors (Lipinski definition) is 4. The third kappa shape index (κ3) is 4.76. The summed E-state index contributed by atoms with van der Waals surface area (Å²) < 4.78 is 10.8. The smallest absolute Gasteiger partial charge is 0.307 e. The summed E-state index contributed by atoms with van der Waals surface area (Å²) in [6.45, 7) is 3.65. The molecule has 0 aromatic rings. The maximum absolute atomic E-state index is 11.8. The first kappa shape index (κ1) is 16.9. The molecule has 0 heterocycles. The van der Waals surface area contributed by atoms with Crippen LogP contribution in [0.3, 0.4) is 0 Å². The number of fused-ring (bicyclic) bond motifs is 2. The Labute approximate surface area is 132 Å². The van der Waals surface area contributed by atoms with E-state index in [1.165, 1.54) is 19.3 Å². The number of ether oxygens (including phenoxy) is 2. The van der Waals surface area contributed by atoms with Gasteiger partial charge in [0, 0.05) is 12.8 Å². The summed E-state index contributed by atoms with van der Waals surface area (Å²) in [7, 11) is 0. The number of rotatable bonds is 7. The van der Waals surface area contributed by atoms with Gasteiger partial charge in [-0.25, -0.2) is 0 Å². The van der Waals surface area contributed by atoms with Gasteiger partial charge in [0.05, 0.1) is 0 Å². The van der Waals surface area contributed by atoms with Crippen molar-refractivity contribution in [3.05, 3.63) is 0 Å². The zero-order chi connectivity index (χ0) is 15.9. The molecule has 2 bridgehead atoms. The summed E-state index contributed by atoms with van der Waals surface area (Å²) in [6, 6.07) is 0. The normalized spacial score (nSPS) is 26.9. The highest BCUT2D eigenvalue weighted by atomic mass is 16.5. The van der Waals surface area contributed by atoms with Crippen molar-refractivity contribution in [2.75, 3.05) is 0 Å². The molecule has 22 heavy (non-hydrogen) atoms. The fraction of sp³-hybridized carbons (Fsp3) is 0.778. The van der Waals surface area contributed by atoms with Crippen molar-refractivity contribution in [2.45, 2.75) is 77.4 Å². The monoisotopic (exact) mass is 306 g/mol. The molecule has 0 saturated heterocycles. The molecule has 2 rings (SSSR count). The van der Waals surface area contributed by atoms with Gasteiger partial charge in [0.1, 0.15) is 6.10 Å². The van der Waals surface area contributed by atoms with Gasteiger partial charge in [0.25, 0.3) is 0 Å². The van der Waals surface area contributed by atoms with Crippen LogP contribution in [0.15, 0.2) is 0 Å². The van der Waals surface area contributed by atoms with Crippen molar-refractivity contribution in [3.63, 3.8) is 0 Å². The van der Waals surface area contributed by atoms with E-state index >= 15 is 0 Å². The first-order valence-electron chi connectivity index (χ1n) is 8.43. The molecule has 0 amide bonds. The van der Waals surface area contributed by atoms with E-state index in [9.17, 15) is 9.59 Å². The fourth-order valence-corrected chi connectivity index (χ4v) is 3.53. The Morgan fingerprint density at radius 2 is 1.95 bits per heavy atom. The third-order valence-electron chi connectivity index (χ3n) is 4.67. The van der Waals surface area contributed by atoms with Gasteiger partial charge in [-0.05, 0) is 57.3 Å². The number of carbonyl (C=O) groups excluding carboxylic acids is 2. The summed E-state index contributed by atoms with van der Waals surface area (Å²) in [5, 5.41) is 0. The van der Waals surface area contributed by atoms with Crippen LogP contribution < -0.4 is 0 Å². The number of carbonyl (C=O) groups is 2. The van der Waals surface area contributed by atoms with Crippen molar-refractivity contribution >= 4 is 11.9 Å². The molecule has 4 heteroatoms. The largest absolute Gasteiger partial charge is 0.462 e. The Kier molecular flexibility index (Phi) is 6.30. The molecule has 0 N–H and O–H groups in total. The zero-order valence-corrected chi connectivity index (χ0v) is 13.6. The highest BCUT2D eigenvalue weighted by molar-refractivity contribution is 5.73. The van der Waals surface area contributed by atoms with E-state index in [-0.39, 0.29) is 30.6 Å². The summed E-state index contributed by atoms with van der Waals surface area (Å²) >= 11 is 0. The predicted octanol–water partition coefficient (Wildman–Crippen LogP) is 3.23. The first-order valence-corrected chi connectivity index (χ1v) is 8.43. The lowest BCUT2D eigenvalue weighted by molar-refractivity contribution is -0.152. The van der Waals surface area contributed by atoms with E-state index in [0.717, 1.165) is 12.3 Å². The second-order valence-electron chi connectivity index (χ2n) is 6.34. The molecule has 2 saturated carbocycles. The van der Waals surface area contributed by atoms with Crippen LogP contribution in [0, 0.1) is 23.7 Å². The van der Waals surface area contributed by atoms with Crippen LogP contribution in [0.5, 0.6) is 0 Å². The Balaban J connectivity index is 1.60. The van der Waals surface area contributed by atoms with Crippen LogP contribution in [-0.2, 0) is 19.1 Å².